The van der Waals surface area contributed by atoms with Crippen molar-refractivity contribution in [3.05, 3.63) is 48.0 Å². The molecular weight excluding hydrogens is 296 g/mol. The fourth-order valence-electron chi connectivity index (χ4n) is 2.08. The molecule has 0 fully saturated rings. The molecule has 0 aliphatic rings. The number of carbonyl (C=O) groups excluding carboxylic acids is 1. The highest BCUT2D eigenvalue weighted by Crippen LogP contribution is 2.26. The SMILES string of the molecule is CN(CC(=O)Nc1cc(C(=N)N)ccc1O)c1ccccc1O. The van der Waals surface area contributed by atoms with E-state index in [4.69, 9.17) is 11.1 Å². The molecule has 0 bridgehead atoms. The van der Waals surface area contributed by atoms with Gasteiger partial charge >= 0.3 is 0 Å². The van der Waals surface area contributed by atoms with E-state index in [0.29, 0.717) is 11.3 Å². The number of nitrogens with one attached hydrogen (secondary N) is 2. The van der Waals surface area contributed by atoms with Gasteiger partial charge in [0.15, 0.2) is 0 Å². The molecule has 0 saturated heterocycles. The van der Waals surface area contributed by atoms with Crippen molar-refractivity contribution < 1.29 is 15.0 Å². The molecule has 0 radical (unpaired) electrons. The number of anilines is 2. The van der Waals surface area contributed by atoms with Crippen molar-refractivity contribution in [2.45, 2.75) is 0 Å². The smallest absolute Gasteiger partial charge is 0.243 e. The molecule has 0 heterocycles. The molecule has 0 atom stereocenters. The fraction of sp³-hybridized carbons (Fsp3) is 0.125. The highest BCUT2D eigenvalue weighted by atomic mass is 16.3. The molecule has 0 unspecified atom stereocenters. The van der Waals surface area contributed by atoms with Crippen molar-refractivity contribution in [1.82, 2.24) is 0 Å². The van der Waals surface area contributed by atoms with Crippen molar-refractivity contribution in [1.29, 1.82) is 5.41 Å². The first-order valence-corrected chi connectivity index (χ1v) is 6.85. The first-order chi connectivity index (χ1) is 10.9. The van der Waals surface area contributed by atoms with E-state index in [9.17, 15) is 15.0 Å². The Hall–Kier alpha value is -3.22. The van der Waals surface area contributed by atoms with E-state index in [1.165, 1.54) is 24.3 Å². The average molecular weight is 314 g/mol. The van der Waals surface area contributed by atoms with E-state index in [2.05, 4.69) is 5.32 Å². The predicted octanol–water partition coefficient (Wildman–Crippen LogP) is 1.46. The molecule has 23 heavy (non-hydrogen) atoms. The molecule has 0 saturated carbocycles. The number of rotatable bonds is 5. The number of amides is 1. The summed E-state index contributed by atoms with van der Waals surface area (Å²) >= 11 is 0. The molecule has 120 valence electrons. The second-order valence-corrected chi connectivity index (χ2v) is 5.04. The molecule has 2 rings (SSSR count). The molecule has 7 nitrogen and oxygen atoms in total. The maximum atomic E-state index is 12.1. The number of nitrogens with two attached hydrogens (primary N) is 1. The zero-order chi connectivity index (χ0) is 17.0. The quantitative estimate of drug-likeness (QED) is 0.325. The number of amidine groups is 1. The maximum absolute atomic E-state index is 12.1. The Morgan fingerprint density at radius 3 is 2.57 bits per heavy atom. The number of phenols is 2. The minimum absolute atomic E-state index is 0.0265. The maximum Gasteiger partial charge on any atom is 0.243 e. The molecule has 0 aliphatic carbocycles. The monoisotopic (exact) mass is 314 g/mol. The Labute approximate surface area is 133 Å². The Morgan fingerprint density at radius 1 is 1.22 bits per heavy atom. The van der Waals surface area contributed by atoms with Crippen LogP contribution in [0.4, 0.5) is 11.4 Å². The van der Waals surface area contributed by atoms with Gasteiger partial charge < -0.3 is 26.2 Å². The Balaban J connectivity index is 2.09. The Bertz CT molecular complexity index is 746. The molecule has 7 heteroatoms. The highest BCUT2D eigenvalue weighted by molar-refractivity contribution is 5.99. The van der Waals surface area contributed by atoms with Gasteiger partial charge in [-0.3, -0.25) is 10.2 Å². The summed E-state index contributed by atoms with van der Waals surface area (Å²) in [6.45, 7) is -0.0265. The van der Waals surface area contributed by atoms with Gasteiger partial charge in [-0.1, -0.05) is 12.1 Å². The lowest BCUT2D eigenvalue weighted by atomic mass is 10.1. The predicted molar refractivity (Wildman–Crippen MR) is 89.1 cm³/mol. The van der Waals surface area contributed by atoms with Crippen LogP contribution in [0, 0.1) is 5.41 Å². The van der Waals surface area contributed by atoms with Crippen molar-refractivity contribution in [2.24, 2.45) is 5.73 Å². The molecule has 2 aromatic carbocycles. The molecule has 2 aromatic rings. The van der Waals surface area contributed by atoms with Crippen molar-refractivity contribution in [3.8, 4) is 11.5 Å². The zero-order valence-electron chi connectivity index (χ0n) is 12.6. The van der Waals surface area contributed by atoms with Crippen LogP contribution in [0.3, 0.4) is 0 Å². The van der Waals surface area contributed by atoms with Crippen LogP contribution in [0.5, 0.6) is 11.5 Å². The van der Waals surface area contributed by atoms with E-state index < -0.39 is 0 Å². The van der Waals surface area contributed by atoms with E-state index in [0.717, 1.165) is 0 Å². The molecule has 0 aromatic heterocycles. The van der Waals surface area contributed by atoms with E-state index >= 15 is 0 Å². The molecule has 1 amide bonds. The number of hydrogen-bond acceptors (Lipinski definition) is 5. The first kappa shape index (κ1) is 16.2. The second-order valence-electron chi connectivity index (χ2n) is 5.04. The van der Waals surface area contributed by atoms with Crippen LogP contribution in [-0.2, 0) is 4.79 Å². The van der Waals surface area contributed by atoms with Gasteiger partial charge in [0, 0.05) is 12.6 Å². The third-order valence-electron chi connectivity index (χ3n) is 3.26. The lowest BCUT2D eigenvalue weighted by Crippen LogP contribution is -2.30. The van der Waals surface area contributed by atoms with E-state index in [1.807, 2.05) is 0 Å². The summed E-state index contributed by atoms with van der Waals surface area (Å²) < 4.78 is 0. The number of aromatic hydroxyl groups is 2. The number of benzene rings is 2. The fourth-order valence-corrected chi connectivity index (χ4v) is 2.08. The summed E-state index contributed by atoms with van der Waals surface area (Å²) in [4.78, 5) is 13.7. The summed E-state index contributed by atoms with van der Waals surface area (Å²) in [6.07, 6.45) is 0. The average Bonchev–Trinajstić information content (AvgIpc) is 2.49. The normalized spacial score (nSPS) is 10.1. The zero-order valence-corrected chi connectivity index (χ0v) is 12.6. The number of nitrogens with zero attached hydrogens (tertiary/aromatic N) is 1. The van der Waals surface area contributed by atoms with Crippen molar-refractivity contribution in [3.63, 3.8) is 0 Å². The summed E-state index contributed by atoms with van der Waals surface area (Å²) in [5.74, 6) is -0.587. The topological polar surface area (TPSA) is 123 Å². The largest absolute Gasteiger partial charge is 0.506 e. The van der Waals surface area contributed by atoms with Gasteiger partial charge in [-0.25, -0.2) is 0 Å². The van der Waals surface area contributed by atoms with Gasteiger partial charge in [0.2, 0.25) is 5.91 Å². The molecule has 6 N–H and O–H groups in total. The summed E-state index contributed by atoms with van der Waals surface area (Å²) in [7, 11) is 1.67. The van der Waals surface area contributed by atoms with Gasteiger partial charge in [-0.15, -0.1) is 0 Å². The number of hydrogen-bond donors (Lipinski definition) is 5. The van der Waals surface area contributed by atoms with Gasteiger partial charge in [0.25, 0.3) is 0 Å². The number of carbonyl (C=O) groups is 1. The minimum atomic E-state index is -0.383. The molecule has 0 spiro atoms. The second kappa shape index (κ2) is 6.69. The minimum Gasteiger partial charge on any atom is -0.506 e. The van der Waals surface area contributed by atoms with E-state index in [1.54, 1.807) is 30.1 Å². The third-order valence-corrected chi connectivity index (χ3v) is 3.26. The third kappa shape index (κ3) is 3.91. The van der Waals surface area contributed by atoms with Gasteiger partial charge in [0.1, 0.15) is 17.3 Å². The van der Waals surface area contributed by atoms with Gasteiger partial charge in [-0.05, 0) is 30.3 Å². The van der Waals surface area contributed by atoms with Crippen LogP contribution >= 0.6 is 0 Å². The molecular formula is C16H18N4O3. The first-order valence-electron chi connectivity index (χ1n) is 6.85. The van der Waals surface area contributed by atoms with Crippen LogP contribution in [-0.4, -0.2) is 35.5 Å². The van der Waals surface area contributed by atoms with Gasteiger partial charge in [0.05, 0.1) is 17.9 Å². The van der Waals surface area contributed by atoms with Crippen LogP contribution in [0.15, 0.2) is 42.5 Å². The summed E-state index contributed by atoms with van der Waals surface area (Å²) in [5, 5.41) is 29.5. The van der Waals surface area contributed by atoms with Gasteiger partial charge in [-0.2, -0.15) is 0 Å². The van der Waals surface area contributed by atoms with Crippen LogP contribution < -0.4 is 16.0 Å². The highest BCUT2D eigenvalue weighted by Gasteiger charge is 2.13. The number of para-hydroxylation sites is 2. The number of nitrogen functional groups attached to an aromatic ring is 1. The summed E-state index contributed by atoms with van der Waals surface area (Å²) in [6, 6.07) is 10.9. The Morgan fingerprint density at radius 2 is 1.91 bits per heavy atom. The lowest BCUT2D eigenvalue weighted by molar-refractivity contribution is -0.114. The number of phenolic OH excluding ortho intramolecular Hbond substituents is 2. The standard InChI is InChI=1S/C16H18N4O3/c1-20(12-4-2-3-5-14(12)22)9-15(23)19-11-8-10(16(17)18)6-7-13(11)21/h2-8,21-22H,9H2,1H3,(H3,17,18)(H,19,23). The van der Waals surface area contributed by atoms with Crippen LogP contribution in [0.25, 0.3) is 0 Å². The summed E-state index contributed by atoms with van der Waals surface area (Å²) in [5.41, 5.74) is 6.48. The van der Waals surface area contributed by atoms with Crippen molar-refractivity contribution >= 4 is 23.1 Å². The van der Waals surface area contributed by atoms with Crippen LogP contribution in [0.1, 0.15) is 5.56 Å². The Kier molecular flexibility index (Phi) is 4.70. The molecule has 0 aliphatic heterocycles. The lowest BCUT2D eigenvalue weighted by Gasteiger charge is -2.20. The van der Waals surface area contributed by atoms with E-state index in [-0.39, 0.29) is 35.5 Å². The number of likely N-dealkylation sites (N-methyl/N-ethyl adjacent to an activating group) is 1. The van der Waals surface area contributed by atoms with Crippen molar-refractivity contribution in [2.75, 3.05) is 23.8 Å². The van der Waals surface area contributed by atoms with Crippen LogP contribution in [0.2, 0.25) is 0 Å².